The number of likely N-dealkylation sites (tertiary alicyclic amines) is 1. The monoisotopic (exact) mass is 232 g/mol. The van der Waals surface area contributed by atoms with Crippen LogP contribution in [0.15, 0.2) is 30.9 Å². The lowest BCUT2D eigenvalue weighted by atomic mass is 10.3. The second kappa shape index (κ2) is 4.67. The van der Waals surface area contributed by atoms with Crippen LogP contribution in [0.2, 0.25) is 0 Å². The van der Waals surface area contributed by atoms with Crippen molar-refractivity contribution >= 4 is 0 Å². The summed E-state index contributed by atoms with van der Waals surface area (Å²) in [5.74, 6) is 0. The summed E-state index contributed by atoms with van der Waals surface area (Å²) in [6.45, 7) is 4.16. The van der Waals surface area contributed by atoms with Crippen molar-refractivity contribution in [2.75, 3.05) is 19.6 Å². The number of hydrogen-bond donors (Lipinski definition) is 0. The maximum Gasteiger partial charge on any atom is 0.0692 e. The molecule has 0 aromatic carbocycles. The first kappa shape index (κ1) is 10.5. The molecule has 3 rings (SSSR count). The van der Waals surface area contributed by atoms with Gasteiger partial charge < -0.3 is 0 Å². The molecule has 0 spiro atoms. The Morgan fingerprint density at radius 3 is 2.94 bits per heavy atom. The van der Waals surface area contributed by atoms with Gasteiger partial charge in [0, 0.05) is 38.2 Å². The van der Waals surface area contributed by atoms with Gasteiger partial charge in [-0.1, -0.05) is 5.21 Å². The van der Waals surface area contributed by atoms with Crippen LogP contribution >= 0.6 is 0 Å². The van der Waals surface area contributed by atoms with Crippen molar-refractivity contribution in [1.82, 2.24) is 29.7 Å². The molecular weight excluding hydrogens is 216 g/mol. The molecule has 1 aliphatic heterocycles. The quantitative estimate of drug-likeness (QED) is 0.766. The fraction of sp³-hybridized carbons (Fsp3) is 0.545. The number of hydrogen-bond acceptors (Lipinski definition) is 4. The largest absolute Gasteiger partial charge is 0.299 e. The van der Waals surface area contributed by atoms with Gasteiger partial charge >= 0.3 is 0 Å². The third-order valence-corrected chi connectivity index (χ3v) is 3.26. The van der Waals surface area contributed by atoms with E-state index in [9.17, 15) is 0 Å². The van der Waals surface area contributed by atoms with Gasteiger partial charge in [0.1, 0.15) is 0 Å². The minimum Gasteiger partial charge on any atom is -0.299 e. The second-order valence-corrected chi connectivity index (χ2v) is 4.40. The molecule has 0 N–H and O–H groups in total. The molecule has 17 heavy (non-hydrogen) atoms. The van der Waals surface area contributed by atoms with Crippen molar-refractivity contribution in [1.29, 1.82) is 0 Å². The van der Waals surface area contributed by atoms with Gasteiger partial charge in [-0.25, -0.2) is 0 Å². The van der Waals surface area contributed by atoms with E-state index < -0.39 is 0 Å². The third kappa shape index (κ3) is 2.36. The average molecular weight is 232 g/mol. The average Bonchev–Trinajstić information content (AvgIpc) is 3.09. The second-order valence-electron chi connectivity index (χ2n) is 4.40. The zero-order valence-corrected chi connectivity index (χ0v) is 9.68. The van der Waals surface area contributed by atoms with Gasteiger partial charge in [0.15, 0.2) is 0 Å². The summed E-state index contributed by atoms with van der Waals surface area (Å²) in [6, 6.07) is 2.51. The predicted octanol–water partition coefficient (Wildman–Crippen LogP) is 0.422. The summed E-state index contributed by atoms with van der Waals surface area (Å²) in [4.78, 5) is 2.45. The van der Waals surface area contributed by atoms with Crippen LogP contribution in [0, 0.1) is 0 Å². The molecular formula is C11H16N6. The summed E-state index contributed by atoms with van der Waals surface area (Å²) < 4.78 is 3.94. The Hall–Kier alpha value is -1.69. The van der Waals surface area contributed by atoms with Crippen LogP contribution in [-0.4, -0.2) is 49.3 Å². The molecule has 1 fully saturated rings. The van der Waals surface area contributed by atoms with E-state index in [0.717, 1.165) is 26.2 Å². The molecule has 0 amide bonds. The van der Waals surface area contributed by atoms with Crippen LogP contribution < -0.4 is 0 Å². The molecule has 6 nitrogen and oxygen atoms in total. The van der Waals surface area contributed by atoms with Crippen LogP contribution in [0.3, 0.4) is 0 Å². The van der Waals surface area contributed by atoms with Crippen molar-refractivity contribution in [3.05, 3.63) is 30.9 Å². The Bertz CT molecular complexity index is 434. The fourth-order valence-electron chi connectivity index (χ4n) is 2.32. The first-order chi connectivity index (χ1) is 8.42. The SMILES string of the molecule is c1cnn(C2CCN(CCn3ccnn3)C2)c1. The molecule has 1 unspecified atom stereocenters. The van der Waals surface area contributed by atoms with Gasteiger partial charge in [0.05, 0.1) is 18.8 Å². The molecule has 3 heterocycles. The highest BCUT2D eigenvalue weighted by Gasteiger charge is 2.23. The first-order valence-corrected chi connectivity index (χ1v) is 5.97. The minimum atomic E-state index is 0.528. The molecule has 2 aromatic rings. The van der Waals surface area contributed by atoms with E-state index in [4.69, 9.17) is 0 Å². The lowest BCUT2D eigenvalue weighted by Crippen LogP contribution is -2.26. The summed E-state index contributed by atoms with van der Waals surface area (Å²) in [5.41, 5.74) is 0. The zero-order chi connectivity index (χ0) is 11.5. The first-order valence-electron chi connectivity index (χ1n) is 5.97. The van der Waals surface area contributed by atoms with E-state index in [1.807, 2.05) is 29.3 Å². The van der Waals surface area contributed by atoms with Crippen molar-refractivity contribution in [3.8, 4) is 0 Å². The molecule has 0 saturated carbocycles. The molecule has 2 aromatic heterocycles. The third-order valence-electron chi connectivity index (χ3n) is 3.26. The maximum atomic E-state index is 4.31. The normalized spacial score (nSPS) is 21.1. The topological polar surface area (TPSA) is 51.8 Å². The summed E-state index contributed by atoms with van der Waals surface area (Å²) >= 11 is 0. The summed E-state index contributed by atoms with van der Waals surface area (Å²) in [6.07, 6.45) is 8.69. The lowest BCUT2D eigenvalue weighted by Gasteiger charge is -2.15. The van der Waals surface area contributed by atoms with Gasteiger partial charge in [0.25, 0.3) is 0 Å². The summed E-state index contributed by atoms with van der Waals surface area (Å²) in [7, 11) is 0. The van der Waals surface area contributed by atoms with E-state index in [1.165, 1.54) is 6.42 Å². The van der Waals surface area contributed by atoms with Crippen molar-refractivity contribution in [3.63, 3.8) is 0 Å². The maximum absolute atomic E-state index is 4.31. The lowest BCUT2D eigenvalue weighted by molar-refractivity contribution is 0.298. The highest BCUT2D eigenvalue weighted by atomic mass is 15.4. The van der Waals surface area contributed by atoms with Crippen LogP contribution in [0.1, 0.15) is 12.5 Å². The van der Waals surface area contributed by atoms with Crippen LogP contribution in [0.25, 0.3) is 0 Å². The van der Waals surface area contributed by atoms with Crippen molar-refractivity contribution < 1.29 is 0 Å². The molecule has 0 radical (unpaired) electrons. The number of rotatable bonds is 4. The van der Waals surface area contributed by atoms with Crippen molar-refractivity contribution in [2.45, 2.75) is 19.0 Å². The molecule has 1 atom stereocenters. The van der Waals surface area contributed by atoms with E-state index in [2.05, 4.69) is 25.0 Å². The van der Waals surface area contributed by atoms with Gasteiger partial charge in [0.2, 0.25) is 0 Å². The Labute approximate surface area is 99.8 Å². The Morgan fingerprint density at radius 1 is 1.18 bits per heavy atom. The van der Waals surface area contributed by atoms with Crippen LogP contribution in [-0.2, 0) is 6.54 Å². The molecule has 0 bridgehead atoms. The predicted molar refractivity (Wildman–Crippen MR) is 62.3 cm³/mol. The minimum absolute atomic E-state index is 0.528. The Kier molecular flexibility index (Phi) is 2.87. The van der Waals surface area contributed by atoms with Crippen LogP contribution in [0.5, 0.6) is 0 Å². The molecule has 90 valence electrons. The molecule has 0 aliphatic carbocycles. The smallest absolute Gasteiger partial charge is 0.0692 e. The summed E-state index contributed by atoms with van der Waals surface area (Å²) in [5, 5.41) is 12.1. The standard InChI is InChI=1S/C11H16N6/c1-3-13-17(5-1)11-2-6-15(10-11)8-9-16-7-4-12-14-16/h1,3-5,7,11H,2,6,8-10H2. The molecule has 6 heteroatoms. The highest BCUT2D eigenvalue weighted by Crippen LogP contribution is 2.19. The van der Waals surface area contributed by atoms with E-state index in [1.54, 1.807) is 6.20 Å². The van der Waals surface area contributed by atoms with E-state index in [0.29, 0.717) is 6.04 Å². The van der Waals surface area contributed by atoms with Gasteiger partial charge in [-0.05, 0) is 12.5 Å². The van der Waals surface area contributed by atoms with Crippen LogP contribution in [0.4, 0.5) is 0 Å². The van der Waals surface area contributed by atoms with Gasteiger partial charge in [-0.3, -0.25) is 14.3 Å². The van der Waals surface area contributed by atoms with Crippen molar-refractivity contribution in [2.24, 2.45) is 0 Å². The number of nitrogens with zero attached hydrogens (tertiary/aromatic N) is 6. The highest BCUT2D eigenvalue weighted by molar-refractivity contribution is 4.86. The Balaban J connectivity index is 1.51. The Morgan fingerprint density at radius 2 is 2.18 bits per heavy atom. The molecule has 1 saturated heterocycles. The van der Waals surface area contributed by atoms with Gasteiger partial charge in [-0.2, -0.15) is 5.10 Å². The fourth-order valence-corrected chi connectivity index (χ4v) is 2.32. The van der Waals surface area contributed by atoms with E-state index >= 15 is 0 Å². The molecule has 1 aliphatic rings. The zero-order valence-electron chi connectivity index (χ0n) is 9.68. The van der Waals surface area contributed by atoms with E-state index in [-0.39, 0.29) is 0 Å². The van der Waals surface area contributed by atoms with Gasteiger partial charge in [-0.15, -0.1) is 5.10 Å². The number of aromatic nitrogens is 5.